The molecule has 3 heteroatoms. The molecule has 0 aliphatic carbocycles. The molecular formula is C14H21ClN2. The van der Waals surface area contributed by atoms with E-state index >= 15 is 0 Å². The molecule has 2 rings (SSSR count). The van der Waals surface area contributed by atoms with E-state index in [4.69, 9.17) is 11.6 Å². The summed E-state index contributed by atoms with van der Waals surface area (Å²) in [4.78, 5) is 4.95. The lowest BCUT2D eigenvalue weighted by atomic mass is 10.1. The minimum atomic E-state index is 0.739. The maximum absolute atomic E-state index is 5.78. The first-order chi connectivity index (χ1) is 8.22. The predicted molar refractivity (Wildman–Crippen MR) is 75.3 cm³/mol. The van der Waals surface area contributed by atoms with Gasteiger partial charge in [-0.3, -0.25) is 4.90 Å². The molecule has 0 bridgehead atoms. The highest BCUT2D eigenvalue weighted by Gasteiger charge is 2.18. The quantitative estimate of drug-likeness (QED) is 0.764. The number of hydrogen-bond acceptors (Lipinski definition) is 2. The maximum Gasteiger partial charge on any atom is 0.0426 e. The number of benzene rings is 1. The average molecular weight is 253 g/mol. The first-order valence-electron chi connectivity index (χ1n) is 6.32. The van der Waals surface area contributed by atoms with Crippen LogP contribution in [0.25, 0.3) is 0 Å². The molecule has 1 aliphatic heterocycles. The van der Waals surface area contributed by atoms with E-state index in [1.807, 2.05) is 0 Å². The second-order valence-electron chi connectivity index (χ2n) is 4.76. The average Bonchev–Trinajstić information content (AvgIpc) is 2.31. The van der Waals surface area contributed by atoms with Gasteiger partial charge in [0.2, 0.25) is 0 Å². The van der Waals surface area contributed by atoms with Crippen LogP contribution in [0.15, 0.2) is 18.2 Å². The summed E-state index contributed by atoms with van der Waals surface area (Å²) in [6.07, 6.45) is 0. The van der Waals surface area contributed by atoms with Gasteiger partial charge in [-0.25, -0.2) is 0 Å². The Labute approximate surface area is 109 Å². The van der Waals surface area contributed by atoms with Gasteiger partial charge >= 0.3 is 0 Å². The molecule has 1 heterocycles. The number of halogens is 1. The highest BCUT2D eigenvalue weighted by atomic mass is 35.5. The lowest BCUT2D eigenvalue weighted by Gasteiger charge is -2.37. The van der Waals surface area contributed by atoms with Crippen LogP contribution in [0.3, 0.4) is 0 Å². The highest BCUT2D eigenvalue weighted by Crippen LogP contribution is 2.25. The summed E-state index contributed by atoms with van der Waals surface area (Å²) in [6, 6.07) is 6.54. The lowest BCUT2D eigenvalue weighted by molar-refractivity contribution is 0.272. The summed E-state index contributed by atoms with van der Waals surface area (Å²) < 4.78 is 0. The van der Waals surface area contributed by atoms with Crippen molar-refractivity contribution in [2.24, 2.45) is 0 Å². The van der Waals surface area contributed by atoms with Crippen LogP contribution in [-0.2, 0) is 0 Å². The summed E-state index contributed by atoms with van der Waals surface area (Å²) in [5.41, 5.74) is 4.20. The zero-order valence-electron chi connectivity index (χ0n) is 10.7. The summed E-state index contributed by atoms with van der Waals surface area (Å²) >= 11 is 5.78. The first-order valence-corrected chi connectivity index (χ1v) is 6.85. The third-order valence-electron chi connectivity index (χ3n) is 3.53. The number of anilines is 1. The Morgan fingerprint density at radius 2 is 1.65 bits per heavy atom. The number of nitrogens with zero attached hydrogens (tertiary/aromatic N) is 2. The number of aryl methyl sites for hydroxylation is 2. The van der Waals surface area contributed by atoms with E-state index in [1.54, 1.807) is 0 Å². The largest absolute Gasteiger partial charge is 0.369 e. The molecule has 17 heavy (non-hydrogen) atoms. The fourth-order valence-corrected chi connectivity index (χ4v) is 2.86. The van der Waals surface area contributed by atoms with Gasteiger partial charge in [0.1, 0.15) is 0 Å². The van der Waals surface area contributed by atoms with E-state index in [9.17, 15) is 0 Å². The van der Waals surface area contributed by atoms with E-state index in [0.29, 0.717) is 0 Å². The summed E-state index contributed by atoms with van der Waals surface area (Å²) in [5, 5.41) is 0. The zero-order valence-corrected chi connectivity index (χ0v) is 11.5. The van der Waals surface area contributed by atoms with Gasteiger partial charge < -0.3 is 4.90 Å². The molecule has 94 valence electrons. The fourth-order valence-electron chi connectivity index (χ4n) is 2.62. The minimum absolute atomic E-state index is 0.739. The third kappa shape index (κ3) is 2.93. The molecule has 0 aromatic heterocycles. The molecule has 1 fully saturated rings. The van der Waals surface area contributed by atoms with Crippen molar-refractivity contribution in [2.75, 3.05) is 43.5 Å². The van der Waals surface area contributed by atoms with Gasteiger partial charge in [0.15, 0.2) is 0 Å². The van der Waals surface area contributed by atoms with E-state index in [2.05, 4.69) is 41.8 Å². The summed E-state index contributed by atoms with van der Waals surface area (Å²) in [5.74, 6) is 0.739. The number of piperazine rings is 1. The molecule has 0 radical (unpaired) electrons. The van der Waals surface area contributed by atoms with Crippen LogP contribution in [0.2, 0.25) is 0 Å². The Morgan fingerprint density at radius 3 is 2.18 bits per heavy atom. The molecule has 0 saturated carbocycles. The molecule has 0 unspecified atom stereocenters. The molecule has 1 saturated heterocycles. The molecule has 0 N–H and O–H groups in total. The van der Waals surface area contributed by atoms with E-state index in [-0.39, 0.29) is 0 Å². The zero-order chi connectivity index (χ0) is 12.3. The molecule has 0 atom stereocenters. The molecule has 1 aromatic carbocycles. The van der Waals surface area contributed by atoms with Gasteiger partial charge in [0.25, 0.3) is 0 Å². The molecule has 0 amide bonds. The lowest BCUT2D eigenvalue weighted by Crippen LogP contribution is -2.47. The van der Waals surface area contributed by atoms with Gasteiger partial charge in [0, 0.05) is 44.3 Å². The summed E-state index contributed by atoms with van der Waals surface area (Å²) in [7, 11) is 0. The van der Waals surface area contributed by atoms with Crippen molar-refractivity contribution < 1.29 is 0 Å². The summed E-state index contributed by atoms with van der Waals surface area (Å²) in [6.45, 7) is 9.90. The molecule has 1 aromatic rings. The van der Waals surface area contributed by atoms with Crippen LogP contribution in [0.4, 0.5) is 5.69 Å². The fraction of sp³-hybridized carbons (Fsp3) is 0.571. The van der Waals surface area contributed by atoms with Crippen molar-refractivity contribution in [1.82, 2.24) is 4.90 Å². The number of hydrogen-bond donors (Lipinski definition) is 0. The number of alkyl halides is 1. The SMILES string of the molecule is Cc1cccc(C)c1N1CCN(CCCl)CC1. The van der Waals surface area contributed by atoms with Crippen LogP contribution in [0, 0.1) is 13.8 Å². The van der Waals surface area contributed by atoms with Gasteiger partial charge in [0.05, 0.1) is 0 Å². The van der Waals surface area contributed by atoms with Crippen molar-refractivity contribution in [3.8, 4) is 0 Å². The molecule has 2 nitrogen and oxygen atoms in total. The Morgan fingerprint density at radius 1 is 1.06 bits per heavy atom. The van der Waals surface area contributed by atoms with Gasteiger partial charge in [-0.1, -0.05) is 18.2 Å². The van der Waals surface area contributed by atoms with E-state index in [1.165, 1.54) is 16.8 Å². The van der Waals surface area contributed by atoms with Crippen LogP contribution < -0.4 is 4.90 Å². The monoisotopic (exact) mass is 252 g/mol. The molecule has 1 aliphatic rings. The Bertz CT molecular complexity index is 350. The number of para-hydroxylation sites is 1. The highest BCUT2D eigenvalue weighted by molar-refractivity contribution is 6.18. The van der Waals surface area contributed by atoms with Crippen LogP contribution in [0.1, 0.15) is 11.1 Å². The number of rotatable bonds is 3. The normalized spacial score (nSPS) is 17.5. The Balaban J connectivity index is 2.05. The van der Waals surface area contributed by atoms with Gasteiger partial charge in [-0.05, 0) is 25.0 Å². The second kappa shape index (κ2) is 5.74. The smallest absolute Gasteiger partial charge is 0.0426 e. The van der Waals surface area contributed by atoms with E-state index < -0.39 is 0 Å². The van der Waals surface area contributed by atoms with Gasteiger partial charge in [-0.15, -0.1) is 11.6 Å². The van der Waals surface area contributed by atoms with Crippen molar-refractivity contribution in [3.05, 3.63) is 29.3 Å². The maximum atomic E-state index is 5.78. The van der Waals surface area contributed by atoms with Crippen molar-refractivity contribution >= 4 is 17.3 Å². The topological polar surface area (TPSA) is 6.48 Å². The van der Waals surface area contributed by atoms with Crippen LogP contribution in [-0.4, -0.2) is 43.5 Å². The third-order valence-corrected chi connectivity index (χ3v) is 3.70. The van der Waals surface area contributed by atoms with Gasteiger partial charge in [-0.2, -0.15) is 0 Å². The standard InChI is InChI=1S/C14H21ClN2/c1-12-4-3-5-13(2)14(12)17-10-8-16(7-6-15)9-11-17/h3-5H,6-11H2,1-2H3. The minimum Gasteiger partial charge on any atom is -0.369 e. The molecule has 0 spiro atoms. The van der Waals surface area contributed by atoms with E-state index in [0.717, 1.165) is 38.6 Å². The van der Waals surface area contributed by atoms with Crippen molar-refractivity contribution in [1.29, 1.82) is 0 Å². The molecular weight excluding hydrogens is 232 g/mol. The first kappa shape index (κ1) is 12.7. The van der Waals surface area contributed by atoms with Crippen molar-refractivity contribution in [3.63, 3.8) is 0 Å². The van der Waals surface area contributed by atoms with Crippen molar-refractivity contribution in [2.45, 2.75) is 13.8 Å². The van der Waals surface area contributed by atoms with Crippen LogP contribution in [0.5, 0.6) is 0 Å². The van der Waals surface area contributed by atoms with Crippen LogP contribution >= 0.6 is 11.6 Å². The second-order valence-corrected chi connectivity index (χ2v) is 5.14. The Kier molecular flexibility index (Phi) is 4.30. The predicted octanol–water partition coefficient (Wildman–Crippen LogP) is 2.66. The Hall–Kier alpha value is -0.730.